The standard InChI is InChI=1S/C18H22N2O4/c1-13-7-9-18(10-8-13)16(22)20(17(23)19-18)11-15(21)24-12-14-5-3-2-4-6-14/h2-6,13H,7-12H2,1H3,(H,19,23). The number of amides is 3. The Morgan fingerprint density at radius 2 is 1.92 bits per heavy atom. The highest BCUT2D eigenvalue weighted by molar-refractivity contribution is 6.08. The zero-order chi connectivity index (χ0) is 17.2. The molecule has 0 unspecified atom stereocenters. The second kappa shape index (κ2) is 6.63. The molecule has 1 heterocycles. The molecule has 24 heavy (non-hydrogen) atoms. The molecule has 1 aliphatic carbocycles. The Morgan fingerprint density at radius 3 is 2.58 bits per heavy atom. The van der Waals surface area contributed by atoms with E-state index in [-0.39, 0.29) is 19.1 Å². The van der Waals surface area contributed by atoms with Crippen LogP contribution < -0.4 is 5.32 Å². The quantitative estimate of drug-likeness (QED) is 0.678. The van der Waals surface area contributed by atoms with Gasteiger partial charge in [0, 0.05) is 0 Å². The van der Waals surface area contributed by atoms with E-state index in [4.69, 9.17) is 4.74 Å². The van der Waals surface area contributed by atoms with Gasteiger partial charge in [-0.3, -0.25) is 14.5 Å². The Kier molecular flexibility index (Phi) is 4.55. The summed E-state index contributed by atoms with van der Waals surface area (Å²) in [5.41, 5.74) is 0.0457. The van der Waals surface area contributed by atoms with Crippen LogP contribution >= 0.6 is 0 Å². The largest absolute Gasteiger partial charge is 0.459 e. The summed E-state index contributed by atoms with van der Waals surface area (Å²) in [4.78, 5) is 37.8. The third-order valence-electron chi connectivity index (χ3n) is 4.90. The number of nitrogens with zero attached hydrogens (tertiary/aromatic N) is 1. The first-order valence-corrected chi connectivity index (χ1v) is 8.34. The lowest BCUT2D eigenvalue weighted by atomic mass is 9.77. The van der Waals surface area contributed by atoms with Crippen molar-refractivity contribution >= 4 is 17.9 Å². The molecule has 1 saturated carbocycles. The SMILES string of the molecule is CC1CCC2(CC1)NC(=O)N(CC(=O)OCc1ccccc1)C2=O. The van der Waals surface area contributed by atoms with Crippen LogP contribution in [0.4, 0.5) is 4.79 Å². The molecule has 1 N–H and O–H groups in total. The molecule has 2 fully saturated rings. The molecule has 1 aromatic carbocycles. The van der Waals surface area contributed by atoms with E-state index in [0.717, 1.165) is 23.3 Å². The minimum atomic E-state index is -0.816. The van der Waals surface area contributed by atoms with Crippen LogP contribution in [0.2, 0.25) is 0 Å². The summed E-state index contributed by atoms with van der Waals surface area (Å²) in [6, 6.07) is 8.79. The van der Waals surface area contributed by atoms with E-state index in [2.05, 4.69) is 12.2 Å². The maximum Gasteiger partial charge on any atom is 0.326 e. The fourth-order valence-corrected chi connectivity index (χ4v) is 3.33. The molecule has 1 aromatic rings. The Balaban J connectivity index is 1.57. The van der Waals surface area contributed by atoms with E-state index < -0.39 is 17.5 Å². The molecule has 6 nitrogen and oxygen atoms in total. The van der Waals surface area contributed by atoms with Crippen molar-refractivity contribution in [3.05, 3.63) is 35.9 Å². The predicted molar refractivity (Wildman–Crippen MR) is 86.8 cm³/mol. The number of hydrogen-bond donors (Lipinski definition) is 1. The van der Waals surface area contributed by atoms with Crippen LogP contribution in [0.5, 0.6) is 0 Å². The number of ether oxygens (including phenoxy) is 1. The van der Waals surface area contributed by atoms with Crippen molar-refractivity contribution in [2.24, 2.45) is 5.92 Å². The summed E-state index contributed by atoms with van der Waals surface area (Å²) >= 11 is 0. The summed E-state index contributed by atoms with van der Waals surface area (Å²) in [7, 11) is 0. The van der Waals surface area contributed by atoms with Crippen LogP contribution in [0.3, 0.4) is 0 Å². The molecule has 1 saturated heterocycles. The number of rotatable bonds is 4. The summed E-state index contributed by atoms with van der Waals surface area (Å²) in [6.45, 7) is 1.94. The zero-order valence-electron chi connectivity index (χ0n) is 13.8. The van der Waals surface area contributed by atoms with E-state index in [1.807, 2.05) is 30.3 Å². The highest BCUT2D eigenvalue weighted by Gasteiger charge is 2.52. The Labute approximate surface area is 141 Å². The van der Waals surface area contributed by atoms with Gasteiger partial charge in [0.05, 0.1) is 0 Å². The highest BCUT2D eigenvalue weighted by Crippen LogP contribution is 2.36. The number of esters is 1. The number of carbonyl (C=O) groups is 3. The molecular formula is C18H22N2O4. The number of imide groups is 1. The van der Waals surface area contributed by atoms with Crippen molar-refractivity contribution in [3.63, 3.8) is 0 Å². The number of nitrogens with one attached hydrogen (secondary N) is 1. The topological polar surface area (TPSA) is 75.7 Å². The second-order valence-electron chi connectivity index (χ2n) is 6.73. The maximum absolute atomic E-state index is 12.6. The maximum atomic E-state index is 12.6. The average Bonchev–Trinajstić information content (AvgIpc) is 2.81. The molecule has 3 amide bonds. The van der Waals surface area contributed by atoms with Crippen LogP contribution in [-0.4, -0.2) is 34.9 Å². The second-order valence-corrected chi connectivity index (χ2v) is 6.73. The summed E-state index contributed by atoms with van der Waals surface area (Å²) < 4.78 is 5.17. The lowest BCUT2D eigenvalue weighted by Gasteiger charge is -2.33. The third-order valence-corrected chi connectivity index (χ3v) is 4.90. The number of benzene rings is 1. The van der Waals surface area contributed by atoms with Crippen LogP contribution in [0.25, 0.3) is 0 Å². The molecule has 0 aromatic heterocycles. The van der Waals surface area contributed by atoms with E-state index in [1.165, 1.54) is 0 Å². The van der Waals surface area contributed by atoms with Crippen molar-refractivity contribution in [1.29, 1.82) is 0 Å². The molecule has 0 radical (unpaired) electrons. The van der Waals surface area contributed by atoms with Gasteiger partial charge in [-0.15, -0.1) is 0 Å². The Morgan fingerprint density at radius 1 is 1.25 bits per heavy atom. The number of carbonyl (C=O) groups excluding carboxylic acids is 3. The van der Waals surface area contributed by atoms with Gasteiger partial charge in [-0.25, -0.2) is 4.79 Å². The van der Waals surface area contributed by atoms with Gasteiger partial charge in [0.1, 0.15) is 18.7 Å². The monoisotopic (exact) mass is 330 g/mol. The molecule has 2 aliphatic rings. The van der Waals surface area contributed by atoms with E-state index in [0.29, 0.717) is 18.8 Å². The van der Waals surface area contributed by atoms with Crippen molar-refractivity contribution in [3.8, 4) is 0 Å². The fourth-order valence-electron chi connectivity index (χ4n) is 3.33. The lowest BCUT2D eigenvalue weighted by molar-refractivity contribution is -0.149. The van der Waals surface area contributed by atoms with E-state index in [1.54, 1.807) is 0 Å². The number of hydrogen-bond acceptors (Lipinski definition) is 4. The summed E-state index contributed by atoms with van der Waals surface area (Å²) in [5, 5.41) is 2.80. The Hall–Kier alpha value is -2.37. The third kappa shape index (κ3) is 3.27. The van der Waals surface area contributed by atoms with Crippen LogP contribution in [-0.2, 0) is 20.9 Å². The van der Waals surface area contributed by atoms with Gasteiger partial charge in [0.15, 0.2) is 0 Å². The van der Waals surface area contributed by atoms with Crippen molar-refractivity contribution in [2.45, 2.75) is 44.8 Å². The number of urea groups is 1. The molecule has 0 bridgehead atoms. The average molecular weight is 330 g/mol. The van der Waals surface area contributed by atoms with Gasteiger partial charge in [0.25, 0.3) is 5.91 Å². The highest BCUT2D eigenvalue weighted by atomic mass is 16.5. The van der Waals surface area contributed by atoms with Gasteiger partial charge in [-0.1, -0.05) is 37.3 Å². The minimum absolute atomic E-state index is 0.131. The van der Waals surface area contributed by atoms with Crippen molar-refractivity contribution in [1.82, 2.24) is 10.2 Å². The van der Waals surface area contributed by atoms with Crippen LogP contribution in [0.1, 0.15) is 38.2 Å². The molecule has 128 valence electrons. The van der Waals surface area contributed by atoms with Gasteiger partial charge in [-0.05, 0) is 37.2 Å². The van der Waals surface area contributed by atoms with Crippen LogP contribution in [0.15, 0.2) is 30.3 Å². The minimum Gasteiger partial charge on any atom is -0.459 e. The van der Waals surface area contributed by atoms with Crippen molar-refractivity contribution < 1.29 is 19.1 Å². The van der Waals surface area contributed by atoms with Gasteiger partial charge in [-0.2, -0.15) is 0 Å². The lowest BCUT2D eigenvalue weighted by Crippen LogP contribution is -2.49. The van der Waals surface area contributed by atoms with Gasteiger partial charge in [0.2, 0.25) is 0 Å². The smallest absolute Gasteiger partial charge is 0.326 e. The van der Waals surface area contributed by atoms with E-state index >= 15 is 0 Å². The summed E-state index contributed by atoms with van der Waals surface area (Å²) in [6.07, 6.45) is 3.07. The summed E-state index contributed by atoms with van der Waals surface area (Å²) in [5.74, 6) is -0.315. The van der Waals surface area contributed by atoms with Gasteiger partial charge >= 0.3 is 12.0 Å². The first-order valence-electron chi connectivity index (χ1n) is 8.34. The molecular weight excluding hydrogens is 308 g/mol. The molecule has 1 spiro atoms. The molecule has 6 heteroatoms. The van der Waals surface area contributed by atoms with E-state index in [9.17, 15) is 14.4 Å². The predicted octanol–water partition coefficient (Wildman–Crippen LogP) is 2.23. The normalized spacial score (nSPS) is 26.5. The van der Waals surface area contributed by atoms with Crippen LogP contribution in [0, 0.1) is 5.92 Å². The zero-order valence-corrected chi connectivity index (χ0v) is 13.8. The first kappa shape index (κ1) is 16.5. The molecule has 3 rings (SSSR count). The fraction of sp³-hybridized carbons (Fsp3) is 0.500. The molecule has 0 atom stereocenters. The van der Waals surface area contributed by atoms with Crippen molar-refractivity contribution in [2.75, 3.05) is 6.54 Å². The van der Waals surface area contributed by atoms with Gasteiger partial charge < -0.3 is 10.1 Å². The molecule has 1 aliphatic heterocycles. The first-order chi connectivity index (χ1) is 11.5. The Bertz CT molecular complexity index is 636.